The quantitative estimate of drug-likeness (QED) is 0.500. The maximum atomic E-state index is 13.0. The van der Waals surface area contributed by atoms with E-state index in [0.29, 0.717) is 22.7 Å². The van der Waals surface area contributed by atoms with Crippen LogP contribution in [0.15, 0.2) is 52.5 Å². The van der Waals surface area contributed by atoms with Crippen molar-refractivity contribution in [2.75, 3.05) is 12.0 Å². The number of nitrogens with one attached hydrogen (secondary N) is 1. The lowest BCUT2D eigenvalue weighted by molar-refractivity contribution is -0.122. The molecule has 3 rings (SSSR count). The molecule has 1 aliphatic heterocycles. The van der Waals surface area contributed by atoms with Crippen LogP contribution in [0.3, 0.4) is 0 Å². The molecular formula is C22H21BrN2O5. The van der Waals surface area contributed by atoms with Crippen LogP contribution in [0.1, 0.15) is 25.8 Å². The second-order valence-electron chi connectivity index (χ2n) is 6.68. The van der Waals surface area contributed by atoms with E-state index in [2.05, 4.69) is 21.2 Å². The molecule has 1 atom stereocenters. The molecule has 8 heteroatoms. The number of amides is 4. The molecule has 1 heterocycles. The Balaban J connectivity index is 1.95. The van der Waals surface area contributed by atoms with Crippen LogP contribution in [0.2, 0.25) is 0 Å². The lowest BCUT2D eigenvalue weighted by Gasteiger charge is -2.26. The van der Waals surface area contributed by atoms with Crippen molar-refractivity contribution >= 4 is 45.5 Å². The van der Waals surface area contributed by atoms with E-state index >= 15 is 0 Å². The number of barbiturate groups is 1. The van der Waals surface area contributed by atoms with E-state index in [1.807, 2.05) is 13.8 Å². The predicted octanol–water partition coefficient (Wildman–Crippen LogP) is 4.30. The number of halogens is 1. The molecule has 0 radical (unpaired) electrons. The molecule has 0 spiro atoms. The molecule has 1 saturated heterocycles. The van der Waals surface area contributed by atoms with Gasteiger partial charge in [-0.1, -0.05) is 28.9 Å². The van der Waals surface area contributed by atoms with Crippen LogP contribution in [0.25, 0.3) is 6.08 Å². The molecule has 30 heavy (non-hydrogen) atoms. The van der Waals surface area contributed by atoms with Gasteiger partial charge in [-0.15, -0.1) is 0 Å². The molecule has 0 bridgehead atoms. The Morgan fingerprint density at radius 3 is 2.43 bits per heavy atom. The second kappa shape index (κ2) is 9.13. The smallest absolute Gasteiger partial charge is 0.335 e. The number of ether oxygens (including phenoxy) is 2. The molecule has 0 aliphatic carbocycles. The number of carbonyl (C=O) groups is 3. The zero-order valence-corrected chi connectivity index (χ0v) is 18.4. The van der Waals surface area contributed by atoms with Gasteiger partial charge in [0.05, 0.1) is 18.9 Å². The van der Waals surface area contributed by atoms with Gasteiger partial charge in [-0.3, -0.25) is 14.9 Å². The minimum atomic E-state index is -0.792. The highest BCUT2D eigenvalue weighted by Crippen LogP contribution is 2.31. The number of benzene rings is 2. The zero-order valence-electron chi connectivity index (χ0n) is 16.8. The predicted molar refractivity (Wildman–Crippen MR) is 117 cm³/mol. The molecule has 0 aromatic heterocycles. The first kappa shape index (κ1) is 21.6. The average Bonchev–Trinajstić information content (AvgIpc) is 2.73. The number of carbonyl (C=O) groups excluding carboxylic acids is 3. The van der Waals surface area contributed by atoms with Crippen LogP contribution in [-0.2, 0) is 9.59 Å². The van der Waals surface area contributed by atoms with Gasteiger partial charge in [0, 0.05) is 4.47 Å². The molecule has 0 unspecified atom stereocenters. The normalized spacial score (nSPS) is 16.5. The third kappa shape index (κ3) is 4.54. The number of methoxy groups -OCH3 is 1. The number of imide groups is 2. The first-order valence-electron chi connectivity index (χ1n) is 9.35. The van der Waals surface area contributed by atoms with E-state index in [0.717, 1.165) is 15.8 Å². The van der Waals surface area contributed by atoms with Gasteiger partial charge >= 0.3 is 6.03 Å². The Morgan fingerprint density at radius 1 is 1.10 bits per heavy atom. The Morgan fingerprint density at radius 2 is 1.80 bits per heavy atom. The van der Waals surface area contributed by atoms with Crippen LogP contribution >= 0.6 is 15.9 Å². The van der Waals surface area contributed by atoms with E-state index in [4.69, 9.17) is 9.47 Å². The van der Waals surface area contributed by atoms with E-state index in [1.165, 1.54) is 13.2 Å². The third-order valence-corrected chi connectivity index (χ3v) is 5.12. The maximum absolute atomic E-state index is 13.0. The Hall–Kier alpha value is -3.13. The highest BCUT2D eigenvalue weighted by molar-refractivity contribution is 9.10. The van der Waals surface area contributed by atoms with Crippen molar-refractivity contribution in [1.82, 2.24) is 5.32 Å². The van der Waals surface area contributed by atoms with Gasteiger partial charge in [0.1, 0.15) is 5.57 Å². The lowest BCUT2D eigenvalue weighted by atomic mass is 10.1. The first-order chi connectivity index (χ1) is 14.3. The summed E-state index contributed by atoms with van der Waals surface area (Å²) >= 11 is 3.31. The molecule has 0 saturated carbocycles. The van der Waals surface area contributed by atoms with E-state index < -0.39 is 17.8 Å². The number of hydrogen-bond acceptors (Lipinski definition) is 5. The van der Waals surface area contributed by atoms with Crippen molar-refractivity contribution in [3.05, 3.63) is 58.1 Å². The molecule has 1 aliphatic rings. The van der Waals surface area contributed by atoms with E-state index in [1.54, 1.807) is 42.5 Å². The van der Waals surface area contributed by atoms with Gasteiger partial charge in [-0.25, -0.2) is 9.69 Å². The van der Waals surface area contributed by atoms with Crippen molar-refractivity contribution in [3.63, 3.8) is 0 Å². The summed E-state index contributed by atoms with van der Waals surface area (Å²) in [4.78, 5) is 38.5. The van der Waals surface area contributed by atoms with Gasteiger partial charge in [0.2, 0.25) is 0 Å². The highest BCUT2D eigenvalue weighted by atomic mass is 79.9. The zero-order chi connectivity index (χ0) is 21.8. The molecular weight excluding hydrogens is 452 g/mol. The number of nitrogens with zero attached hydrogens (tertiary/aromatic N) is 1. The average molecular weight is 473 g/mol. The van der Waals surface area contributed by atoms with E-state index in [-0.39, 0.29) is 11.7 Å². The summed E-state index contributed by atoms with van der Waals surface area (Å²) < 4.78 is 12.0. The van der Waals surface area contributed by atoms with Gasteiger partial charge in [0.25, 0.3) is 11.8 Å². The molecule has 1 fully saturated rings. The number of anilines is 1. The van der Waals surface area contributed by atoms with Crippen LogP contribution < -0.4 is 19.7 Å². The standard InChI is InChI=1S/C22H21BrN2O5/c1-4-13(2)30-18-10-5-14(12-19(18)29-3)11-17-20(26)24-22(28)25(21(17)27)16-8-6-15(23)7-9-16/h5-13H,4H2,1-3H3,(H,24,26,28)/b17-11+/t13-/m1/s1. The second-order valence-corrected chi connectivity index (χ2v) is 7.60. The van der Waals surface area contributed by atoms with Crippen LogP contribution in [0, 0.1) is 0 Å². The number of urea groups is 1. The Kier molecular flexibility index (Phi) is 6.56. The van der Waals surface area contributed by atoms with Crippen molar-refractivity contribution in [2.45, 2.75) is 26.4 Å². The number of hydrogen-bond donors (Lipinski definition) is 1. The first-order valence-corrected chi connectivity index (χ1v) is 10.1. The minimum absolute atomic E-state index is 0.0132. The third-order valence-electron chi connectivity index (χ3n) is 4.59. The van der Waals surface area contributed by atoms with Crippen LogP contribution in [0.4, 0.5) is 10.5 Å². The summed E-state index contributed by atoms with van der Waals surface area (Å²) in [5.74, 6) is -0.406. The fraction of sp³-hybridized carbons (Fsp3) is 0.227. The topological polar surface area (TPSA) is 84.9 Å². The number of rotatable bonds is 6. The molecule has 2 aromatic carbocycles. The molecule has 7 nitrogen and oxygen atoms in total. The lowest BCUT2D eigenvalue weighted by Crippen LogP contribution is -2.54. The van der Waals surface area contributed by atoms with Gasteiger partial charge < -0.3 is 9.47 Å². The van der Waals surface area contributed by atoms with Gasteiger partial charge in [0.15, 0.2) is 11.5 Å². The summed E-state index contributed by atoms with van der Waals surface area (Å²) in [6.07, 6.45) is 2.27. The fourth-order valence-corrected chi connectivity index (χ4v) is 3.08. The largest absolute Gasteiger partial charge is 0.493 e. The molecule has 2 aromatic rings. The van der Waals surface area contributed by atoms with Crippen LogP contribution in [0.5, 0.6) is 11.5 Å². The van der Waals surface area contributed by atoms with Crippen molar-refractivity contribution < 1.29 is 23.9 Å². The Labute approximate surface area is 182 Å². The molecule has 156 valence electrons. The molecule has 1 N–H and O–H groups in total. The SMILES string of the molecule is CC[C@@H](C)Oc1ccc(/C=C2\C(=O)NC(=O)N(c3ccc(Br)cc3)C2=O)cc1OC. The Bertz CT molecular complexity index is 1020. The highest BCUT2D eigenvalue weighted by Gasteiger charge is 2.36. The van der Waals surface area contributed by atoms with Gasteiger partial charge in [-0.05, 0) is 61.4 Å². The fourth-order valence-electron chi connectivity index (χ4n) is 2.82. The van der Waals surface area contributed by atoms with Crippen molar-refractivity contribution in [1.29, 1.82) is 0 Å². The van der Waals surface area contributed by atoms with Crippen molar-refractivity contribution in [2.24, 2.45) is 0 Å². The summed E-state index contributed by atoms with van der Waals surface area (Å²) in [7, 11) is 1.52. The summed E-state index contributed by atoms with van der Waals surface area (Å²) in [5, 5.41) is 2.21. The maximum Gasteiger partial charge on any atom is 0.335 e. The van der Waals surface area contributed by atoms with Crippen LogP contribution in [-0.4, -0.2) is 31.1 Å². The van der Waals surface area contributed by atoms with E-state index in [9.17, 15) is 14.4 Å². The van der Waals surface area contributed by atoms with Crippen molar-refractivity contribution in [3.8, 4) is 11.5 Å². The summed E-state index contributed by atoms with van der Waals surface area (Å²) in [6.45, 7) is 3.97. The monoisotopic (exact) mass is 472 g/mol. The molecule has 4 amide bonds. The summed E-state index contributed by atoms with van der Waals surface area (Å²) in [5.41, 5.74) is 0.760. The minimum Gasteiger partial charge on any atom is -0.493 e. The van der Waals surface area contributed by atoms with Gasteiger partial charge in [-0.2, -0.15) is 0 Å². The summed E-state index contributed by atoms with van der Waals surface area (Å²) in [6, 6.07) is 10.9.